The molecule has 1 saturated heterocycles. The predicted molar refractivity (Wildman–Crippen MR) is 84.8 cm³/mol. The normalized spacial score (nSPS) is 27.4. The summed E-state index contributed by atoms with van der Waals surface area (Å²) in [5, 5.41) is 0. The molecule has 2 atom stereocenters. The Bertz CT molecular complexity index is 495. The fraction of sp³-hybridized carbons (Fsp3) is 0.611. The zero-order chi connectivity index (χ0) is 14.9. The molecule has 0 radical (unpaired) electrons. The molecule has 114 valence electrons. The zero-order valence-corrected chi connectivity index (χ0v) is 12.9. The average molecular weight is 286 g/mol. The number of amides is 1. The van der Waals surface area contributed by atoms with Gasteiger partial charge in [0.15, 0.2) is 0 Å². The Morgan fingerprint density at radius 1 is 1.33 bits per heavy atom. The maximum Gasteiger partial charge on any atom is 0.229 e. The lowest BCUT2D eigenvalue weighted by molar-refractivity contribution is -0.148. The van der Waals surface area contributed by atoms with Crippen LogP contribution < -0.4 is 5.73 Å². The Balaban J connectivity index is 1.75. The summed E-state index contributed by atoms with van der Waals surface area (Å²) < 4.78 is 0. The van der Waals surface area contributed by atoms with Crippen LogP contribution in [-0.2, 0) is 11.2 Å². The quantitative estimate of drug-likeness (QED) is 0.924. The molecule has 3 rings (SSSR count). The molecule has 0 bridgehead atoms. The Labute approximate surface area is 127 Å². The highest BCUT2D eigenvalue weighted by Crippen LogP contribution is 2.46. The van der Waals surface area contributed by atoms with Crippen molar-refractivity contribution in [3.8, 4) is 0 Å². The van der Waals surface area contributed by atoms with E-state index in [1.807, 2.05) is 6.07 Å². The lowest BCUT2D eigenvalue weighted by atomic mass is 9.64. The van der Waals surface area contributed by atoms with E-state index >= 15 is 0 Å². The predicted octanol–water partition coefficient (Wildman–Crippen LogP) is 2.60. The van der Waals surface area contributed by atoms with Crippen molar-refractivity contribution in [1.29, 1.82) is 0 Å². The summed E-state index contributed by atoms with van der Waals surface area (Å²) in [5.74, 6) is 0.860. The van der Waals surface area contributed by atoms with E-state index in [9.17, 15) is 4.79 Å². The van der Waals surface area contributed by atoms with Crippen LogP contribution in [0.5, 0.6) is 0 Å². The molecule has 1 aliphatic heterocycles. The molecular weight excluding hydrogens is 260 g/mol. The van der Waals surface area contributed by atoms with Crippen LogP contribution in [0.2, 0.25) is 0 Å². The van der Waals surface area contributed by atoms with Crippen molar-refractivity contribution in [3.63, 3.8) is 0 Å². The Morgan fingerprint density at radius 3 is 2.57 bits per heavy atom. The molecule has 2 unspecified atom stereocenters. The van der Waals surface area contributed by atoms with Gasteiger partial charge in [-0.05, 0) is 50.6 Å². The second-order valence-corrected chi connectivity index (χ2v) is 6.94. The van der Waals surface area contributed by atoms with Gasteiger partial charge in [0.05, 0.1) is 5.41 Å². The van der Waals surface area contributed by atoms with Gasteiger partial charge in [-0.1, -0.05) is 36.8 Å². The lowest BCUT2D eigenvalue weighted by Gasteiger charge is -2.44. The molecule has 0 spiro atoms. The van der Waals surface area contributed by atoms with Gasteiger partial charge < -0.3 is 10.6 Å². The first kappa shape index (κ1) is 14.6. The third-order valence-corrected chi connectivity index (χ3v) is 5.41. The van der Waals surface area contributed by atoms with E-state index in [0.717, 1.165) is 32.2 Å². The number of carbonyl (C=O) groups is 1. The number of rotatable bonds is 4. The number of hydrogen-bond donors (Lipinski definition) is 1. The number of hydrogen-bond acceptors (Lipinski definition) is 2. The van der Waals surface area contributed by atoms with Gasteiger partial charge in [-0.25, -0.2) is 0 Å². The molecule has 0 aromatic heterocycles. The molecule has 1 aromatic carbocycles. The molecule has 21 heavy (non-hydrogen) atoms. The second-order valence-electron chi connectivity index (χ2n) is 6.94. The van der Waals surface area contributed by atoms with Crippen molar-refractivity contribution in [2.75, 3.05) is 13.1 Å². The standard InChI is InChI=1S/C18H26N2O/c1-14-10-16(12-19)13-20(14)17(21)18(8-5-9-18)11-15-6-3-2-4-7-15/h2-4,6-7,14,16H,5,8-13,19H2,1H3. The van der Waals surface area contributed by atoms with Gasteiger partial charge >= 0.3 is 0 Å². The van der Waals surface area contributed by atoms with Crippen molar-refractivity contribution < 1.29 is 4.79 Å². The molecule has 1 aliphatic carbocycles. The molecular formula is C18H26N2O. The van der Waals surface area contributed by atoms with Crippen LogP contribution in [-0.4, -0.2) is 29.9 Å². The Hall–Kier alpha value is -1.35. The summed E-state index contributed by atoms with van der Waals surface area (Å²) in [6.07, 6.45) is 5.21. The van der Waals surface area contributed by atoms with Crippen LogP contribution >= 0.6 is 0 Å². The Morgan fingerprint density at radius 2 is 2.05 bits per heavy atom. The second kappa shape index (κ2) is 5.80. The fourth-order valence-electron chi connectivity index (χ4n) is 3.96. The van der Waals surface area contributed by atoms with Crippen LogP contribution in [0.3, 0.4) is 0 Å². The first-order chi connectivity index (χ1) is 10.1. The van der Waals surface area contributed by atoms with E-state index in [2.05, 4.69) is 36.1 Å². The minimum Gasteiger partial charge on any atom is -0.339 e. The highest BCUT2D eigenvalue weighted by molar-refractivity contribution is 5.84. The van der Waals surface area contributed by atoms with Crippen molar-refractivity contribution in [1.82, 2.24) is 4.90 Å². The largest absolute Gasteiger partial charge is 0.339 e. The summed E-state index contributed by atoms with van der Waals surface area (Å²) in [6, 6.07) is 10.8. The van der Waals surface area contributed by atoms with E-state index < -0.39 is 0 Å². The SMILES string of the molecule is CC1CC(CN)CN1C(=O)C1(Cc2ccccc2)CCC1. The van der Waals surface area contributed by atoms with Crippen molar-refractivity contribution in [2.45, 2.75) is 45.1 Å². The van der Waals surface area contributed by atoms with Crippen molar-refractivity contribution >= 4 is 5.91 Å². The summed E-state index contributed by atoms with van der Waals surface area (Å²) in [7, 11) is 0. The van der Waals surface area contributed by atoms with Gasteiger partial charge in [0.2, 0.25) is 5.91 Å². The van der Waals surface area contributed by atoms with Gasteiger partial charge in [0, 0.05) is 12.6 Å². The molecule has 3 heteroatoms. The monoisotopic (exact) mass is 286 g/mol. The minimum atomic E-state index is -0.140. The molecule has 2 aliphatic rings. The summed E-state index contributed by atoms with van der Waals surface area (Å²) in [6.45, 7) is 3.72. The molecule has 1 amide bonds. The van der Waals surface area contributed by atoms with Crippen LogP contribution in [0, 0.1) is 11.3 Å². The molecule has 1 heterocycles. The van der Waals surface area contributed by atoms with Crippen molar-refractivity contribution in [3.05, 3.63) is 35.9 Å². The van der Waals surface area contributed by atoms with E-state index in [4.69, 9.17) is 5.73 Å². The number of carbonyl (C=O) groups excluding carboxylic acids is 1. The molecule has 2 fully saturated rings. The van der Waals surface area contributed by atoms with Gasteiger partial charge in [0.1, 0.15) is 0 Å². The van der Waals surface area contributed by atoms with Gasteiger partial charge in [0.25, 0.3) is 0 Å². The number of nitrogens with two attached hydrogens (primary N) is 1. The third kappa shape index (κ3) is 2.71. The highest BCUT2D eigenvalue weighted by Gasteiger charge is 2.48. The highest BCUT2D eigenvalue weighted by atomic mass is 16.2. The fourth-order valence-corrected chi connectivity index (χ4v) is 3.96. The third-order valence-electron chi connectivity index (χ3n) is 5.41. The molecule has 1 aromatic rings. The molecule has 1 saturated carbocycles. The van der Waals surface area contributed by atoms with Crippen molar-refractivity contribution in [2.24, 2.45) is 17.1 Å². The van der Waals surface area contributed by atoms with Crippen LogP contribution in [0.1, 0.15) is 38.2 Å². The lowest BCUT2D eigenvalue weighted by Crippen LogP contribution is -2.50. The van der Waals surface area contributed by atoms with Gasteiger partial charge in [-0.3, -0.25) is 4.79 Å². The number of benzene rings is 1. The topological polar surface area (TPSA) is 46.3 Å². The van der Waals surface area contributed by atoms with Crippen LogP contribution in [0.15, 0.2) is 30.3 Å². The molecule has 2 N–H and O–H groups in total. The maximum absolute atomic E-state index is 13.1. The van der Waals surface area contributed by atoms with E-state index in [0.29, 0.717) is 24.4 Å². The summed E-state index contributed by atoms with van der Waals surface area (Å²) in [5.41, 5.74) is 6.94. The van der Waals surface area contributed by atoms with E-state index in [1.54, 1.807) is 0 Å². The summed E-state index contributed by atoms with van der Waals surface area (Å²) in [4.78, 5) is 15.2. The summed E-state index contributed by atoms with van der Waals surface area (Å²) >= 11 is 0. The Kier molecular flexibility index (Phi) is 4.03. The first-order valence-corrected chi connectivity index (χ1v) is 8.20. The minimum absolute atomic E-state index is 0.140. The number of nitrogens with zero attached hydrogens (tertiary/aromatic N) is 1. The average Bonchev–Trinajstić information content (AvgIpc) is 2.84. The van der Waals surface area contributed by atoms with Crippen LogP contribution in [0.25, 0.3) is 0 Å². The number of likely N-dealkylation sites (tertiary alicyclic amines) is 1. The molecule has 3 nitrogen and oxygen atoms in total. The van der Waals surface area contributed by atoms with E-state index in [-0.39, 0.29) is 5.41 Å². The van der Waals surface area contributed by atoms with E-state index in [1.165, 1.54) is 12.0 Å². The van der Waals surface area contributed by atoms with Crippen LogP contribution in [0.4, 0.5) is 0 Å². The van der Waals surface area contributed by atoms with Gasteiger partial charge in [-0.2, -0.15) is 0 Å². The first-order valence-electron chi connectivity index (χ1n) is 8.20. The maximum atomic E-state index is 13.1. The van der Waals surface area contributed by atoms with Gasteiger partial charge in [-0.15, -0.1) is 0 Å². The smallest absolute Gasteiger partial charge is 0.229 e. The zero-order valence-electron chi connectivity index (χ0n) is 12.9.